The van der Waals surface area contributed by atoms with Crippen molar-refractivity contribution >= 4 is 39.9 Å². The van der Waals surface area contributed by atoms with E-state index in [1.165, 1.54) is 0 Å². The highest BCUT2D eigenvalue weighted by atomic mass is 35.5. The van der Waals surface area contributed by atoms with Gasteiger partial charge in [0.2, 0.25) is 0 Å². The van der Waals surface area contributed by atoms with Crippen LogP contribution in [-0.2, 0) is 11.2 Å². The maximum absolute atomic E-state index is 11.6. The minimum atomic E-state index is -1.05. The minimum Gasteiger partial charge on any atom is -0.478 e. The SMILES string of the molecule is O=C(O)[C@@H](Cc1ccc(Cl)cc1Cl)Oc1ccc2ccccc2c1. The number of carboxylic acid groups (broad SMARTS) is 1. The van der Waals surface area contributed by atoms with Gasteiger partial charge in [0.15, 0.2) is 6.10 Å². The summed E-state index contributed by atoms with van der Waals surface area (Å²) in [6.45, 7) is 0. The monoisotopic (exact) mass is 360 g/mol. The normalized spacial score (nSPS) is 12.1. The first-order valence-corrected chi connectivity index (χ1v) is 8.11. The Morgan fingerprint density at radius 3 is 2.46 bits per heavy atom. The maximum atomic E-state index is 11.6. The molecule has 0 radical (unpaired) electrons. The molecule has 0 heterocycles. The third-order valence-electron chi connectivity index (χ3n) is 3.70. The molecule has 0 aliphatic heterocycles. The molecule has 3 aromatic carbocycles. The Balaban J connectivity index is 1.83. The standard InChI is InChI=1S/C19H14Cl2O3/c20-15-7-5-14(17(21)11-15)10-18(19(22)23)24-16-8-6-12-3-1-2-4-13(12)9-16/h1-9,11,18H,10H2,(H,22,23)/t18-/m1/s1. The molecular weight excluding hydrogens is 347 g/mol. The highest BCUT2D eigenvalue weighted by Crippen LogP contribution is 2.25. The number of rotatable bonds is 5. The third kappa shape index (κ3) is 3.81. The van der Waals surface area contributed by atoms with Gasteiger partial charge in [-0.05, 0) is 40.6 Å². The Hall–Kier alpha value is -2.23. The number of carboxylic acids is 1. The lowest BCUT2D eigenvalue weighted by atomic mass is 10.1. The molecule has 0 unspecified atom stereocenters. The summed E-state index contributed by atoms with van der Waals surface area (Å²) in [5, 5.41) is 12.4. The lowest BCUT2D eigenvalue weighted by Crippen LogP contribution is -2.29. The topological polar surface area (TPSA) is 46.5 Å². The molecule has 3 nitrogen and oxygen atoms in total. The van der Waals surface area contributed by atoms with Crippen molar-refractivity contribution in [3.63, 3.8) is 0 Å². The molecular formula is C19H14Cl2O3. The van der Waals surface area contributed by atoms with Gasteiger partial charge >= 0.3 is 5.97 Å². The number of benzene rings is 3. The van der Waals surface area contributed by atoms with Crippen LogP contribution in [0.3, 0.4) is 0 Å². The van der Waals surface area contributed by atoms with Crippen molar-refractivity contribution < 1.29 is 14.6 Å². The molecule has 1 N–H and O–H groups in total. The molecule has 0 bridgehead atoms. The van der Waals surface area contributed by atoms with Gasteiger partial charge in [0.05, 0.1) is 0 Å². The van der Waals surface area contributed by atoms with E-state index in [0.717, 1.165) is 10.8 Å². The second-order valence-electron chi connectivity index (χ2n) is 5.39. The molecule has 24 heavy (non-hydrogen) atoms. The van der Waals surface area contributed by atoms with E-state index >= 15 is 0 Å². The van der Waals surface area contributed by atoms with Crippen molar-refractivity contribution in [1.29, 1.82) is 0 Å². The summed E-state index contributed by atoms with van der Waals surface area (Å²) in [6, 6.07) is 18.3. The van der Waals surface area contributed by atoms with Crippen LogP contribution < -0.4 is 4.74 Å². The first kappa shape index (κ1) is 16.6. The predicted molar refractivity (Wildman–Crippen MR) is 96.2 cm³/mol. The van der Waals surface area contributed by atoms with Gasteiger partial charge in [-0.15, -0.1) is 0 Å². The maximum Gasteiger partial charge on any atom is 0.345 e. The second-order valence-corrected chi connectivity index (χ2v) is 6.24. The lowest BCUT2D eigenvalue weighted by molar-refractivity contribution is -0.145. The molecule has 3 aromatic rings. The minimum absolute atomic E-state index is 0.151. The van der Waals surface area contributed by atoms with Crippen molar-refractivity contribution in [3.05, 3.63) is 76.3 Å². The number of carbonyl (C=O) groups is 1. The zero-order valence-corrected chi connectivity index (χ0v) is 14.1. The summed E-state index contributed by atoms with van der Waals surface area (Å²) in [4.78, 5) is 11.6. The number of hydrogen-bond donors (Lipinski definition) is 1. The average molecular weight is 361 g/mol. The Labute approximate surface area is 149 Å². The molecule has 0 amide bonds. The summed E-state index contributed by atoms with van der Waals surface area (Å²) < 4.78 is 5.68. The van der Waals surface area contributed by atoms with E-state index in [4.69, 9.17) is 27.9 Å². The van der Waals surface area contributed by atoms with E-state index in [0.29, 0.717) is 21.4 Å². The van der Waals surface area contributed by atoms with Crippen molar-refractivity contribution in [2.75, 3.05) is 0 Å². The molecule has 5 heteroatoms. The van der Waals surface area contributed by atoms with E-state index in [2.05, 4.69) is 0 Å². The third-order valence-corrected chi connectivity index (χ3v) is 4.28. The molecule has 0 saturated heterocycles. The van der Waals surface area contributed by atoms with Gasteiger partial charge in [-0.1, -0.05) is 59.6 Å². The Morgan fingerprint density at radius 1 is 1.00 bits per heavy atom. The fourth-order valence-corrected chi connectivity index (χ4v) is 2.96. The van der Waals surface area contributed by atoms with Gasteiger partial charge in [0, 0.05) is 16.5 Å². The van der Waals surface area contributed by atoms with E-state index in [1.54, 1.807) is 24.3 Å². The highest BCUT2D eigenvalue weighted by Gasteiger charge is 2.21. The second kappa shape index (κ2) is 7.12. The lowest BCUT2D eigenvalue weighted by Gasteiger charge is -2.16. The summed E-state index contributed by atoms with van der Waals surface area (Å²) in [6.07, 6.45) is -0.886. The van der Waals surface area contributed by atoms with Crippen molar-refractivity contribution in [3.8, 4) is 5.75 Å². The van der Waals surface area contributed by atoms with Crippen molar-refractivity contribution in [2.45, 2.75) is 12.5 Å². The average Bonchev–Trinajstić information content (AvgIpc) is 2.56. The van der Waals surface area contributed by atoms with E-state index in [1.807, 2.05) is 36.4 Å². The van der Waals surface area contributed by atoms with E-state index < -0.39 is 12.1 Å². The summed E-state index contributed by atoms with van der Waals surface area (Å²) in [5.41, 5.74) is 0.675. The molecule has 3 rings (SSSR count). The molecule has 122 valence electrons. The van der Waals surface area contributed by atoms with Crippen LogP contribution in [0.15, 0.2) is 60.7 Å². The zero-order chi connectivity index (χ0) is 17.1. The smallest absolute Gasteiger partial charge is 0.345 e. The van der Waals surface area contributed by atoms with Crippen LogP contribution in [0, 0.1) is 0 Å². The largest absolute Gasteiger partial charge is 0.478 e. The van der Waals surface area contributed by atoms with Crippen LogP contribution in [0.1, 0.15) is 5.56 Å². The number of ether oxygens (including phenoxy) is 1. The number of hydrogen-bond acceptors (Lipinski definition) is 2. The first-order chi connectivity index (χ1) is 11.5. The van der Waals surface area contributed by atoms with Crippen LogP contribution in [0.4, 0.5) is 0 Å². The van der Waals surface area contributed by atoms with Crippen LogP contribution in [0.5, 0.6) is 5.75 Å². The van der Waals surface area contributed by atoms with Crippen LogP contribution in [0.25, 0.3) is 10.8 Å². The Kier molecular flexibility index (Phi) is 4.93. The fourth-order valence-electron chi connectivity index (χ4n) is 2.47. The van der Waals surface area contributed by atoms with Crippen molar-refractivity contribution in [1.82, 2.24) is 0 Å². The quantitative estimate of drug-likeness (QED) is 0.678. The molecule has 0 aromatic heterocycles. The molecule has 0 spiro atoms. The van der Waals surface area contributed by atoms with E-state index in [-0.39, 0.29) is 6.42 Å². The number of fused-ring (bicyclic) bond motifs is 1. The predicted octanol–water partition coefficient (Wildman–Crippen LogP) is 5.22. The van der Waals surface area contributed by atoms with Gasteiger partial charge in [0.1, 0.15) is 5.75 Å². The Morgan fingerprint density at radius 2 is 1.75 bits per heavy atom. The zero-order valence-electron chi connectivity index (χ0n) is 12.6. The van der Waals surface area contributed by atoms with Gasteiger partial charge in [-0.3, -0.25) is 0 Å². The van der Waals surface area contributed by atoms with E-state index in [9.17, 15) is 9.90 Å². The number of halogens is 2. The van der Waals surface area contributed by atoms with Crippen LogP contribution in [0.2, 0.25) is 10.0 Å². The molecule has 0 fully saturated rings. The number of aliphatic carboxylic acids is 1. The summed E-state index contributed by atoms with van der Waals surface area (Å²) in [5.74, 6) is -0.541. The molecule has 0 saturated carbocycles. The van der Waals surface area contributed by atoms with Crippen molar-refractivity contribution in [2.24, 2.45) is 0 Å². The molecule has 0 aliphatic rings. The molecule has 1 atom stereocenters. The summed E-state index contributed by atoms with van der Waals surface area (Å²) in [7, 11) is 0. The summed E-state index contributed by atoms with van der Waals surface area (Å²) >= 11 is 12.0. The van der Waals surface area contributed by atoms with Gasteiger partial charge in [0.25, 0.3) is 0 Å². The highest BCUT2D eigenvalue weighted by molar-refractivity contribution is 6.35. The van der Waals surface area contributed by atoms with Crippen LogP contribution >= 0.6 is 23.2 Å². The fraction of sp³-hybridized carbons (Fsp3) is 0.105. The van der Waals surface area contributed by atoms with Crippen LogP contribution in [-0.4, -0.2) is 17.2 Å². The first-order valence-electron chi connectivity index (χ1n) is 7.35. The van der Waals surface area contributed by atoms with Gasteiger partial charge in [-0.25, -0.2) is 4.79 Å². The van der Waals surface area contributed by atoms with Gasteiger partial charge in [-0.2, -0.15) is 0 Å². The van der Waals surface area contributed by atoms with Gasteiger partial charge < -0.3 is 9.84 Å². The Bertz CT molecular complexity index is 893. The molecule has 0 aliphatic carbocycles.